The summed E-state index contributed by atoms with van der Waals surface area (Å²) in [5.74, 6) is -0.176. The molecule has 0 radical (unpaired) electrons. The lowest BCUT2D eigenvalue weighted by molar-refractivity contribution is -0.384. The van der Waals surface area contributed by atoms with E-state index in [1.807, 2.05) is 51.1 Å². The molecule has 0 fully saturated rings. The molecule has 0 saturated heterocycles. The molecule has 3 rings (SSSR count). The molecule has 0 aromatic heterocycles. The van der Waals surface area contributed by atoms with E-state index in [0.29, 0.717) is 5.57 Å². The Hall–Kier alpha value is -3.54. The SMILES string of the molecule is CC(C)(C)C1=NN(c2ccccc2)C(=O)/C1=C/C=C/c1ccc([N+](=O)[O-])cc1. The highest BCUT2D eigenvalue weighted by Gasteiger charge is 2.36. The second-order valence-corrected chi connectivity index (χ2v) is 7.44. The zero-order chi connectivity index (χ0) is 20.3. The van der Waals surface area contributed by atoms with E-state index in [2.05, 4.69) is 5.10 Å². The number of hydrazone groups is 1. The first-order chi connectivity index (χ1) is 13.3. The van der Waals surface area contributed by atoms with Gasteiger partial charge in [-0.25, -0.2) is 0 Å². The lowest BCUT2D eigenvalue weighted by Gasteiger charge is -2.17. The molecule has 1 aliphatic rings. The minimum Gasteiger partial charge on any atom is -0.267 e. The fourth-order valence-electron chi connectivity index (χ4n) is 2.83. The summed E-state index contributed by atoms with van der Waals surface area (Å²) in [7, 11) is 0. The number of hydrogen-bond donors (Lipinski definition) is 0. The Labute approximate surface area is 163 Å². The number of nitro groups is 1. The minimum atomic E-state index is -0.434. The molecule has 0 N–H and O–H groups in total. The first-order valence-electron chi connectivity index (χ1n) is 8.89. The summed E-state index contributed by atoms with van der Waals surface area (Å²) in [5.41, 5.74) is 2.53. The highest BCUT2D eigenvalue weighted by molar-refractivity contribution is 6.31. The van der Waals surface area contributed by atoms with Crippen molar-refractivity contribution in [1.29, 1.82) is 0 Å². The molecule has 142 valence electrons. The van der Waals surface area contributed by atoms with Crippen molar-refractivity contribution in [3.63, 3.8) is 0 Å². The largest absolute Gasteiger partial charge is 0.280 e. The maximum absolute atomic E-state index is 13.0. The van der Waals surface area contributed by atoms with Gasteiger partial charge in [0, 0.05) is 17.5 Å². The van der Waals surface area contributed by atoms with Gasteiger partial charge in [-0.2, -0.15) is 10.1 Å². The molecule has 1 heterocycles. The van der Waals surface area contributed by atoms with Gasteiger partial charge in [-0.15, -0.1) is 0 Å². The molecule has 1 amide bonds. The molecular weight excluding hydrogens is 354 g/mol. The summed E-state index contributed by atoms with van der Waals surface area (Å²) in [6.07, 6.45) is 5.32. The first-order valence-corrected chi connectivity index (χ1v) is 8.89. The van der Waals surface area contributed by atoms with Crippen LogP contribution in [-0.2, 0) is 4.79 Å². The van der Waals surface area contributed by atoms with Crippen LogP contribution in [0.1, 0.15) is 26.3 Å². The lowest BCUT2D eigenvalue weighted by atomic mass is 9.85. The van der Waals surface area contributed by atoms with Crippen LogP contribution in [0.15, 0.2) is 77.4 Å². The fraction of sp³-hybridized carbons (Fsp3) is 0.182. The van der Waals surface area contributed by atoms with Crippen LogP contribution in [-0.4, -0.2) is 16.5 Å². The third-order valence-corrected chi connectivity index (χ3v) is 4.24. The first kappa shape index (κ1) is 19.2. The van der Waals surface area contributed by atoms with Crippen LogP contribution in [0.4, 0.5) is 11.4 Å². The van der Waals surface area contributed by atoms with Crippen LogP contribution < -0.4 is 5.01 Å². The number of anilines is 1. The molecule has 0 atom stereocenters. The minimum absolute atomic E-state index is 0.0436. The van der Waals surface area contributed by atoms with Gasteiger partial charge in [-0.3, -0.25) is 14.9 Å². The number of para-hydroxylation sites is 1. The third-order valence-electron chi connectivity index (χ3n) is 4.24. The molecule has 0 saturated carbocycles. The Kier molecular flexibility index (Phi) is 5.22. The van der Waals surface area contributed by atoms with E-state index < -0.39 is 4.92 Å². The number of allylic oxidation sites excluding steroid dienone is 2. The summed E-state index contributed by atoms with van der Waals surface area (Å²) in [6, 6.07) is 15.5. The van der Waals surface area contributed by atoms with Crippen LogP contribution in [0, 0.1) is 15.5 Å². The van der Waals surface area contributed by atoms with E-state index in [0.717, 1.165) is 17.0 Å². The summed E-state index contributed by atoms with van der Waals surface area (Å²) in [5, 5.41) is 16.7. The number of carbonyl (C=O) groups is 1. The molecule has 0 bridgehead atoms. The van der Waals surface area contributed by atoms with Gasteiger partial charge in [0.2, 0.25) is 0 Å². The van der Waals surface area contributed by atoms with E-state index in [1.54, 1.807) is 30.4 Å². The van der Waals surface area contributed by atoms with Gasteiger partial charge in [0.05, 0.1) is 21.9 Å². The van der Waals surface area contributed by atoms with Crippen molar-refractivity contribution in [2.24, 2.45) is 10.5 Å². The van der Waals surface area contributed by atoms with Crippen LogP contribution in [0.2, 0.25) is 0 Å². The molecule has 0 unspecified atom stereocenters. The average Bonchev–Trinajstić information content (AvgIpc) is 3.00. The topological polar surface area (TPSA) is 75.8 Å². The standard InChI is InChI=1S/C22H21N3O3/c1-22(2,3)20-19(21(26)24(23-20)17-9-5-4-6-10-17)11-7-8-16-12-14-18(15-13-16)25(27)28/h4-15H,1-3H3/b8-7+,19-11+. The number of hydrogen-bond acceptors (Lipinski definition) is 4. The maximum Gasteiger partial charge on any atom is 0.280 e. The Morgan fingerprint density at radius 3 is 2.25 bits per heavy atom. The molecule has 6 nitrogen and oxygen atoms in total. The summed E-state index contributed by atoms with van der Waals surface area (Å²) < 4.78 is 0. The predicted molar refractivity (Wildman–Crippen MR) is 111 cm³/mol. The lowest BCUT2D eigenvalue weighted by Crippen LogP contribution is -2.23. The second-order valence-electron chi connectivity index (χ2n) is 7.44. The zero-order valence-corrected chi connectivity index (χ0v) is 16.0. The van der Waals surface area contributed by atoms with Crippen LogP contribution in [0.3, 0.4) is 0 Å². The number of carbonyl (C=O) groups excluding carboxylic acids is 1. The number of nitrogens with zero attached hydrogens (tertiary/aromatic N) is 3. The molecule has 2 aromatic carbocycles. The quantitative estimate of drug-likeness (QED) is 0.429. The van der Waals surface area contributed by atoms with Gasteiger partial charge in [-0.05, 0) is 35.9 Å². The van der Waals surface area contributed by atoms with E-state index in [-0.39, 0.29) is 17.0 Å². The van der Waals surface area contributed by atoms with Gasteiger partial charge >= 0.3 is 0 Å². The Morgan fingerprint density at radius 1 is 1.04 bits per heavy atom. The van der Waals surface area contributed by atoms with E-state index in [1.165, 1.54) is 17.1 Å². The van der Waals surface area contributed by atoms with Gasteiger partial charge < -0.3 is 0 Å². The fourth-order valence-corrected chi connectivity index (χ4v) is 2.83. The molecular formula is C22H21N3O3. The summed E-state index contributed by atoms with van der Waals surface area (Å²) in [6.45, 7) is 6.05. The van der Waals surface area contributed by atoms with Crippen molar-refractivity contribution in [3.05, 3.63) is 88.0 Å². The Morgan fingerprint density at radius 2 is 1.68 bits per heavy atom. The average molecular weight is 375 g/mol. The van der Waals surface area contributed by atoms with Gasteiger partial charge in [-0.1, -0.05) is 51.1 Å². The highest BCUT2D eigenvalue weighted by atomic mass is 16.6. The summed E-state index contributed by atoms with van der Waals surface area (Å²) in [4.78, 5) is 23.3. The monoisotopic (exact) mass is 375 g/mol. The van der Waals surface area contributed by atoms with Gasteiger partial charge in [0.15, 0.2) is 0 Å². The number of benzene rings is 2. The van der Waals surface area contributed by atoms with Crippen LogP contribution in [0.5, 0.6) is 0 Å². The predicted octanol–water partition coefficient (Wildman–Crippen LogP) is 4.98. The number of non-ortho nitro benzene ring substituents is 1. The maximum atomic E-state index is 13.0. The van der Waals surface area contributed by atoms with Crippen molar-refractivity contribution in [1.82, 2.24) is 0 Å². The number of nitro benzene ring substituents is 1. The normalized spacial score (nSPS) is 16.1. The smallest absolute Gasteiger partial charge is 0.267 e. The van der Waals surface area contributed by atoms with E-state index >= 15 is 0 Å². The zero-order valence-electron chi connectivity index (χ0n) is 16.0. The highest BCUT2D eigenvalue weighted by Crippen LogP contribution is 2.31. The third kappa shape index (κ3) is 4.06. The number of rotatable bonds is 4. The van der Waals surface area contributed by atoms with E-state index in [9.17, 15) is 14.9 Å². The van der Waals surface area contributed by atoms with E-state index in [4.69, 9.17) is 0 Å². The number of amides is 1. The van der Waals surface area contributed by atoms with Crippen molar-refractivity contribution >= 4 is 29.1 Å². The summed E-state index contributed by atoms with van der Waals surface area (Å²) >= 11 is 0. The second kappa shape index (κ2) is 7.60. The molecule has 0 aliphatic carbocycles. The molecule has 0 spiro atoms. The van der Waals surface area contributed by atoms with Crippen molar-refractivity contribution in [2.45, 2.75) is 20.8 Å². The van der Waals surface area contributed by atoms with Gasteiger partial charge in [0.1, 0.15) is 0 Å². The molecule has 6 heteroatoms. The molecule has 28 heavy (non-hydrogen) atoms. The van der Waals surface area contributed by atoms with Crippen molar-refractivity contribution in [2.75, 3.05) is 5.01 Å². The van der Waals surface area contributed by atoms with Crippen molar-refractivity contribution < 1.29 is 9.72 Å². The Bertz CT molecular complexity index is 982. The molecule has 1 aliphatic heterocycles. The van der Waals surface area contributed by atoms with Crippen LogP contribution >= 0.6 is 0 Å². The Balaban J connectivity index is 1.89. The molecule has 2 aromatic rings. The van der Waals surface area contributed by atoms with Crippen LogP contribution in [0.25, 0.3) is 6.08 Å². The van der Waals surface area contributed by atoms with Crippen molar-refractivity contribution in [3.8, 4) is 0 Å². The van der Waals surface area contributed by atoms with Gasteiger partial charge in [0.25, 0.3) is 11.6 Å².